The molecule has 2 aromatic rings. The number of carbonyl (C=O) groups is 1. The molecule has 1 aromatic heterocycles. The van der Waals surface area contributed by atoms with Crippen molar-refractivity contribution in [2.45, 2.75) is 50.3 Å². The number of furan rings is 1. The first-order chi connectivity index (χ1) is 10.9. The minimum atomic E-state index is -2.05. The summed E-state index contributed by atoms with van der Waals surface area (Å²) >= 11 is 3.73. The van der Waals surface area contributed by atoms with E-state index in [1.165, 1.54) is 7.11 Å². The van der Waals surface area contributed by atoms with Gasteiger partial charge in [-0.25, -0.2) is 4.79 Å². The summed E-state index contributed by atoms with van der Waals surface area (Å²) in [6.07, 6.45) is 1.62. The first-order valence-corrected chi connectivity index (χ1v) is 11.6. The van der Waals surface area contributed by atoms with E-state index >= 15 is 0 Å². The molecule has 1 atom stereocenters. The minimum absolute atomic E-state index is 0.0598. The molecule has 0 amide bonds. The molecule has 0 N–H and O–H groups in total. The number of hydrogen-bond donors (Lipinski definition) is 0. The Hall–Kier alpha value is -1.11. The predicted octanol–water partition coefficient (Wildman–Crippen LogP) is 5.81. The fourth-order valence-electron chi connectivity index (χ4n) is 2.34. The highest BCUT2D eigenvalue weighted by Crippen LogP contribution is 2.46. The number of ether oxygens (including phenoxy) is 1. The zero-order chi connectivity index (χ0) is 18.3. The van der Waals surface area contributed by atoms with Gasteiger partial charge in [-0.15, -0.1) is 0 Å². The first kappa shape index (κ1) is 19.2. The maximum atomic E-state index is 12.0. The Morgan fingerprint density at radius 2 is 1.83 bits per heavy atom. The molecule has 0 spiro atoms. The minimum Gasteiger partial charge on any atom is -0.465 e. The van der Waals surface area contributed by atoms with Crippen molar-refractivity contribution in [3.63, 3.8) is 0 Å². The Balaban J connectivity index is 2.57. The molecule has 24 heavy (non-hydrogen) atoms. The normalized spacial score (nSPS) is 15.3. The number of rotatable bonds is 4. The number of methoxy groups -OCH3 is 1. The van der Waals surface area contributed by atoms with Crippen LogP contribution in [0.25, 0.3) is 11.0 Å². The summed E-state index contributed by atoms with van der Waals surface area (Å²) in [6.45, 7) is 12.9. The lowest BCUT2D eigenvalue weighted by Gasteiger charge is -2.42. The van der Waals surface area contributed by atoms with Crippen LogP contribution in [0, 0.1) is 0 Å². The topological polar surface area (TPSA) is 48.7 Å². The number of alkyl halides is 1. The molecule has 1 unspecified atom stereocenters. The zero-order valence-corrected chi connectivity index (χ0v) is 17.9. The summed E-state index contributed by atoms with van der Waals surface area (Å²) in [6, 6.07) is 5.38. The fraction of sp³-hybridized carbons (Fsp3) is 0.500. The lowest BCUT2D eigenvalue weighted by Crippen LogP contribution is -2.45. The lowest BCUT2D eigenvalue weighted by molar-refractivity contribution is 0.0600. The van der Waals surface area contributed by atoms with Crippen molar-refractivity contribution >= 4 is 41.2 Å². The molecular weight excluding hydrogens is 388 g/mol. The number of benzene rings is 1. The van der Waals surface area contributed by atoms with Gasteiger partial charge in [0.1, 0.15) is 10.1 Å². The molecule has 4 nitrogen and oxygen atoms in total. The zero-order valence-electron chi connectivity index (χ0n) is 15.3. The largest absolute Gasteiger partial charge is 0.465 e. The average molecular weight is 413 g/mol. The number of hydrogen-bond acceptors (Lipinski definition) is 4. The summed E-state index contributed by atoms with van der Waals surface area (Å²) in [5.41, 5.74) is 1.97. The molecule has 0 aliphatic heterocycles. The van der Waals surface area contributed by atoms with Crippen molar-refractivity contribution in [2.24, 2.45) is 0 Å². The second-order valence-electron chi connectivity index (χ2n) is 7.63. The van der Waals surface area contributed by atoms with Crippen LogP contribution in [0.1, 0.15) is 43.6 Å². The van der Waals surface area contributed by atoms with Gasteiger partial charge in [-0.3, -0.25) is 0 Å². The van der Waals surface area contributed by atoms with Crippen molar-refractivity contribution in [1.29, 1.82) is 0 Å². The van der Waals surface area contributed by atoms with Crippen LogP contribution in [0.3, 0.4) is 0 Å². The van der Waals surface area contributed by atoms with E-state index in [0.717, 1.165) is 10.9 Å². The van der Waals surface area contributed by atoms with Gasteiger partial charge in [0, 0.05) is 10.9 Å². The Labute approximate surface area is 152 Å². The Kier molecular flexibility index (Phi) is 5.06. The summed E-state index contributed by atoms with van der Waals surface area (Å²) in [5, 5.41) is 0.905. The van der Waals surface area contributed by atoms with E-state index in [4.69, 9.17) is 13.6 Å². The van der Waals surface area contributed by atoms with E-state index in [1.807, 2.05) is 13.0 Å². The summed E-state index contributed by atoms with van der Waals surface area (Å²) < 4.78 is 16.3. The second-order valence-corrected chi connectivity index (χ2v) is 13.9. The first-order valence-electron chi connectivity index (χ1n) is 7.88. The van der Waals surface area contributed by atoms with Crippen LogP contribution in [-0.4, -0.2) is 21.4 Å². The maximum Gasteiger partial charge on any atom is 0.337 e. The van der Waals surface area contributed by atoms with Gasteiger partial charge < -0.3 is 13.6 Å². The van der Waals surface area contributed by atoms with E-state index in [-0.39, 0.29) is 11.0 Å². The third kappa shape index (κ3) is 3.60. The van der Waals surface area contributed by atoms with Crippen LogP contribution in [0.2, 0.25) is 18.1 Å². The highest BCUT2D eigenvalue weighted by molar-refractivity contribution is 9.09. The number of halogens is 1. The quantitative estimate of drug-likeness (QED) is 0.361. The van der Waals surface area contributed by atoms with Crippen molar-refractivity contribution < 1.29 is 18.4 Å². The van der Waals surface area contributed by atoms with E-state index in [1.54, 1.807) is 18.4 Å². The van der Waals surface area contributed by atoms with Crippen molar-refractivity contribution in [3.8, 4) is 0 Å². The standard InChI is InChI=1S/C18H25BrO4Si/c1-17(2,3)24(6,7)23-18(4,19)14-11-13(16(20)21-5)10-12-8-9-22-15(12)14/h8-11H,1-7H3. The van der Waals surface area contributed by atoms with E-state index in [0.29, 0.717) is 11.1 Å². The monoisotopic (exact) mass is 412 g/mol. The predicted molar refractivity (Wildman–Crippen MR) is 102 cm³/mol. The molecule has 0 aliphatic rings. The molecule has 1 heterocycles. The maximum absolute atomic E-state index is 12.0. The number of esters is 1. The third-order valence-corrected chi connectivity index (χ3v) is 10.1. The Morgan fingerprint density at radius 3 is 2.38 bits per heavy atom. The fourth-order valence-corrected chi connectivity index (χ4v) is 5.22. The van der Waals surface area contributed by atoms with Crippen LogP contribution >= 0.6 is 15.9 Å². The van der Waals surface area contributed by atoms with Gasteiger partial charge in [0.15, 0.2) is 8.32 Å². The molecule has 0 saturated carbocycles. The van der Waals surface area contributed by atoms with Gasteiger partial charge in [-0.05, 0) is 59.2 Å². The number of fused-ring (bicyclic) bond motifs is 1. The second kappa shape index (κ2) is 6.31. The van der Waals surface area contributed by atoms with E-state index in [9.17, 15) is 4.79 Å². The highest BCUT2D eigenvalue weighted by Gasteiger charge is 2.43. The van der Waals surface area contributed by atoms with Gasteiger partial charge in [0.05, 0.1) is 18.9 Å². The molecule has 0 radical (unpaired) electrons. The molecule has 132 valence electrons. The van der Waals surface area contributed by atoms with Crippen LogP contribution in [0.5, 0.6) is 0 Å². The summed E-state index contributed by atoms with van der Waals surface area (Å²) in [7, 11) is -0.672. The SMILES string of the molecule is COC(=O)c1cc(C(C)(Br)O[Si](C)(C)C(C)(C)C)c2occc2c1. The molecule has 0 aliphatic carbocycles. The van der Waals surface area contributed by atoms with Gasteiger partial charge in [-0.2, -0.15) is 0 Å². The van der Waals surface area contributed by atoms with Gasteiger partial charge in [0.2, 0.25) is 0 Å². The molecule has 6 heteroatoms. The summed E-state index contributed by atoms with van der Waals surface area (Å²) in [4.78, 5) is 12.0. The van der Waals surface area contributed by atoms with Gasteiger partial charge in [0.25, 0.3) is 0 Å². The lowest BCUT2D eigenvalue weighted by atomic mass is 10.0. The van der Waals surface area contributed by atoms with E-state index < -0.39 is 12.8 Å². The highest BCUT2D eigenvalue weighted by atomic mass is 79.9. The smallest absolute Gasteiger partial charge is 0.337 e. The van der Waals surface area contributed by atoms with Crippen molar-refractivity contribution in [2.75, 3.05) is 7.11 Å². The molecule has 0 fully saturated rings. The molecule has 0 bridgehead atoms. The van der Waals surface area contributed by atoms with Crippen LogP contribution in [0.15, 0.2) is 28.9 Å². The molecule has 2 rings (SSSR count). The van der Waals surface area contributed by atoms with Crippen LogP contribution in [0.4, 0.5) is 0 Å². The van der Waals surface area contributed by atoms with Gasteiger partial charge >= 0.3 is 5.97 Å². The van der Waals surface area contributed by atoms with E-state index in [2.05, 4.69) is 49.8 Å². The summed E-state index contributed by atoms with van der Waals surface area (Å²) in [5.74, 6) is -0.380. The average Bonchev–Trinajstić information content (AvgIpc) is 2.90. The molecular formula is C18H25BrO4Si. The Morgan fingerprint density at radius 1 is 1.21 bits per heavy atom. The Bertz CT molecular complexity index is 756. The molecule has 1 aromatic carbocycles. The number of carbonyl (C=O) groups excluding carboxylic acids is 1. The van der Waals surface area contributed by atoms with Crippen molar-refractivity contribution in [3.05, 3.63) is 35.6 Å². The third-order valence-electron chi connectivity index (χ3n) is 4.71. The molecule has 0 saturated heterocycles. The van der Waals surface area contributed by atoms with Crippen LogP contribution < -0.4 is 0 Å². The van der Waals surface area contributed by atoms with Crippen molar-refractivity contribution in [1.82, 2.24) is 0 Å². The van der Waals surface area contributed by atoms with Crippen LogP contribution in [-0.2, 0) is 13.7 Å². The van der Waals surface area contributed by atoms with Gasteiger partial charge in [-0.1, -0.05) is 20.8 Å².